The SMILES string of the molecule is CCC(N)=NC(C)C(C)=O. The van der Waals surface area contributed by atoms with Gasteiger partial charge in [0.2, 0.25) is 0 Å². The van der Waals surface area contributed by atoms with E-state index in [1.807, 2.05) is 6.92 Å². The van der Waals surface area contributed by atoms with Gasteiger partial charge in [-0.05, 0) is 13.8 Å². The molecule has 0 heterocycles. The fourth-order valence-electron chi connectivity index (χ4n) is 0.431. The molecule has 10 heavy (non-hydrogen) atoms. The first kappa shape index (κ1) is 9.14. The van der Waals surface area contributed by atoms with Crippen LogP contribution in [0.1, 0.15) is 27.2 Å². The van der Waals surface area contributed by atoms with Crippen molar-refractivity contribution in [2.45, 2.75) is 33.2 Å². The normalized spacial score (nSPS) is 14.9. The Labute approximate surface area is 61.3 Å². The van der Waals surface area contributed by atoms with Crippen LogP contribution in [-0.2, 0) is 4.79 Å². The monoisotopic (exact) mass is 142 g/mol. The van der Waals surface area contributed by atoms with Crippen molar-refractivity contribution in [3.63, 3.8) is 0 Å². The third-order valence-corrected chi connectivity index (χ3v) is 1.31. The molecular formula is C7H14N2O. The molecule has 0 amide bonds. The van der Waals surface area contributed by atoms with Crippen LogP contribution in [0.15, 0.2) is 4.99 Å². The second-order valence-electron chi connectivity index (χ2n) is 2.26. The summed E-state index contributed by atoms with van der Waals surface area (Å²) in [7, 11) is 0. The van der Waals surface area contributed by atoms with E-state index in [0.29, 0.717) is 12.3 Å². The topological polar surface area (TPSA) is 55.4 Å². The van der Waals surface area contributed by atoms with Crippen LogP contribution in [0.25, 0.3) is 0 Å². The minimum Gasteiger partial charge on any atom is -0.387 e. The quantitative estimate of drug-likeness (QED) is 0.466. The summed E-state index contributed by atoms with van der Waals surface area (Å²) in [5, 5.41) is 0. The molecule has 0 spiro atoms. The molecule has 58 valence electrons. The Bertz CT molecular complexity index is 152. The van der Waals surface area contributed by atoms with E-state index in [2.05, 4.69) is 4.99 Å². The summed E-state index contributed by atoms with van der Waals surface area (Å²) in [5.41, 5.74) is 5.41. The van der Waals surface area contributed by atoms with Crippen molar-refractivity contribution in [2.75, 3.05) is 0 Å². The second-order valence-corrected chi connectivity index (χ2v) is 2.26. The molecule has 0 fully saturated rings. The van der Waals surface area contributed by atoms with Crippen LogP contribution in [0.5, 0.6) is 0 Å². The average molecular weight is 142 g/mol. The van der Waals surface area contributed by atoms with Gasteiger partial charge >= 0.3 is 0 Å². The summed E-state index contributed by atoms with van der Waals surface area (Å²) in [5.74, 6) is 0.596. The first-order valence-electron chi connectivity index (χ1n) is 3.40. The highest BCUT2D eigenvalue weighted by Crippen LogP contribution is 1.91. The zero-order valence-corrected chi connectivity index (χ0v) is 6.72. The summed E-state index contributed by atoms with van der Waals surface area (Å²) in [6, 6.07) is -0.278. The zero-order valence-electron chi connectivity index (χ0n) is 6.72. The number of ketones is 1. The number of rotatable bonds is 3. The van der Waals surface area contributed by atoms with E-state index in [1.54, 1.807) is 6.92 Å². The molecule has 0 rings (SSSR count). The van der Waals surface area contributed by atoms with Crippen molar-refractivity contribution < 1.29 is 4.79 Å². The maximum atomic E-state index is 10.6. The molecular weight excluding hydrogens is 128 g/mol. The Balaban J connectivity index is 3.99. The molecule has 0 aromatic rings. The molecule has 1 unspecified atom stereocenters. The highest BCUT2D eigenvalue weighted by Gasteiger charge is 2.03. The van der Waals surface area contributed by atoms with E-state index < -0.39 is 0 Å². The van der Waals surface area contributed by atoms with E-state index in [1.165, 1.54) is 6.92 Å². The maximum Gasteiger partial charge on any atom is 0.154 e. The highest BCUT2D eigenvalue weighted by molar-refractivity contribution is 5.86. The average Bonchev–Trinajstić information content (AvgIpc) is 1.87. The molecule has 3 nitrogen and oxygen atoms in total. The Morgan fingerprint density at radius 1 is 1.70 bits per heavy atom. The van der Waals surface area contributed by atoms with E-state index in [9.17, 15) is 4.79 Å². The Hall–Kier alpha value is -0.860. The lowest BCUT2D eigenvalue weighted by atomic mass is 10.2. The summed E-state index contributed by atoms with van der Waals surface area (Å²) < 4.78 is 0. The van der Waals surface area contributed by atoms with Crippen LogP contribution >= 0.6 is 0 Å². The summed E-state index contributed by atoms with van der Waals surface area (Å²) in [6.07, 6.45) is 0.706. The van der Waals surface area contributed by atoms with Crippen molar-refractivity contribution >= 4 is 11.6 Å². The summed E-state index contributed by atoms with van der Waals surface area (Å²) in [6.45, 7) is 5.16. The van der Waals surface area contributed by atoms with Gasteiger partial charge in [-0.1, -0.05) is 6.92 Å². The second kappa shape index (κ2) is 4.04. The number of aliphatic imine (C=N–C) groups is 1. The fourth-order valence-corrected chi connectivity index (χ4v) is 0.431. The molecule has 0 saturated carbocycles. The van der Waals surface area contributed by atoms with Crippen molar-refractivity contribution in [3.8, 4) is 0 Å². The largest absolute Gasteiger partial charge is 0.387 e. The molecule has 0 radical (unpaired) electrons. The lowest BCUT2D eigenvalue weighted by Gasteiger charge is -2.01. The number of nitrogens with zero attached hydrogens (tertiary/aromatic N) is 1. The van der Waals surface area contributed by atoms with Gasteiger partial charge in [0.25, 0.3) is 0 Å². The van der Waals surface area contributed by atoms with Crippen LogP contribution in [0.2, 0.25) is 0 Å². The molecule has 3 heteroatoms. The van der Waals surface area contributed by atoms with Crippen LogP contribution in [0, 0.1) is 0 Å². The van der Waals surface area contributed by atoms with Crippen LogP contribution in [0.4, 0.5) is 0 Å². The van der Waals surface area contributed by atoms with Gasteiger partial charge in [0, 0.05) is 6.42 Å². The summed E-state index contributed by atoms with van der Waals surface area (Å²) in [4.78, 5) is 14.6. The third-order valence-electron chi connectivity index (χ3n) is 1.31. The maximum absolute atomic E-state index is 10.6. The minimum atomic E-state index is -0.278. The van der Waals surface area contributed by atoms with Crippen molar-refractivity contribution in [1.29, 1.82) is 0 Å². The van der Waals surface area contributed by atoms with Crippen molar-refractivity contribution in [1.82, 2.24) is 0 Å². The Morgan fingerprint density at radius 2 is 2.20 bits per heavy atom. The lowest BCUT2D eigenvalue weighted by molar-refractivity contribution is -0.117. The number of hydrogen-bond donors (Lipinski definition) is 1. The van der Waals surface area contributed by atoms with E-state index in [-0.39, 0.29) is 11.8 Å². The van der Waals surface area contributed by atoms with Gasteiger partial charge in [-0.3, -0.25) is 9.79 Å². The molecule has 0 aliphatic heterocycles. The van der Waals surface area contributed by atoms with E-state index >= 15 is 0 Å². The molecule has 0 saturated heterocycles. The van der Waals surface area contributed by atoms with Crippen molar-refractivity contribution in [2.24, 2.45) is 10.7 Å². The van der Waals surface area contributed by atoms with Crippen molar-refractivity contribution in [3.05, 3.63) is 0 Å². The zero-order chi connectivity index (χ0) is 8.15. The molecule has 0 aromatic carbocycles. The van der Waals surface area contributed by atoms with Crippen LogP contribution in [0.3, 0.4) is 0 Å². The number of hydrogen-bond acceptors (Lipinski definition) is 2. The predicted octanol–water partition coefficient (Wildman–Crippen LogP) is 0.731. The smallest absolute Gasteiger partial charge is 0.154 e. The van der Waals surface area contributed by atoms with Gasteiger partial charge in [0.15, 0.2) is 5.78 Å². The van der Waals surface area contributed by atoms with Gasteiger partial charge in [-0.2, -0.15) is 0 Å². The number of Topliss-reactive ketones (excluding diaryl/α,β-unsaturated/α-hetero) is 1. The standard InChI is InChI=1S/C7H14N2O/c1-4-7(8)9-5(2)6(3)10/h5H,4H2,1-3H3,(H2,8,9). The number of nitrogens with two attached hydrogens (primary N) is 1. The minimum absolute atomic E-state index is 0.0522. The first-order valence-corrected chi connectivity index (χ1v) is 3.40. The molecule has 0 bridgehead atoms. The lowest BCUT2D eigenvalue weighted by Crippen LogP contribution is -2.18. The van der Waals surface area contributed by atoms with Crippen LogP contribution < -0.4 is 5.73 Å². The van der Waals surface area contributed by atoms with E-state index in [0.717, 1.165) is 0 Å². The Kier molecular flexibility index (Phi) is 3.69. The highest BCUT2D eigenvalue weighted by atomic mass is 16.1. The van der Waals surface area contributed by atoms with Gasteiger partial charge in [-0.15, -0.1) is 0 Å². The van der Waals surface area contributed by atoms with E-state index in [4.69, 9.17) is 5.73 Å². The predicted molar refractivity (Wildman–Crippen MR) is 42.1 cm³/mol. The molecule has 2 N–H and O–H groups in total. The third kappa shape index (κ3) is 3.22. The molecule has 0 aliphatic carbocycles. The van der Waals surface area contributed by atoms with Crippen LogP contribution in [-0.4, -0.2) is 17.7 Å². The number of amidine groups is 1. The van der Waals surface area contributed by atoms with Gasteiger partial charge in [0.1, 0.15) is 6.04 Å². The number of carbonyl (C=O) groups is 1. The van der Waals surface area contributed by atoms with Gasteiger partial charge in [-0.25, -0.2) is 0 Å². The summed E-state index contributed by atoms with van der Waals surface area (Å²) >= 11 is 0. The molecule has 1 atom stereocenters. The Morgan fingerprint density at radius 3 is 2.50 bits per heavy atom. The van der Waals surface area contributed by atoms with Gasteiger partial charge < -0.3 is 5.73 Å². The number of carbonyl (C=O) groups excluding carboxylic acids is 1. The first-order chi connectivity index (χ1) is 4.57. The molecule has 0 aromatic heterocycles. The molecule has 0 aliphatic rings. The fraction of sp³-hybridized carbons (Fsp3) is 0.714. The van der Waals surface area contributed by atoms with Gasteiger partial charge in [0.05, 0.1) is 5.84 Å².